The molecule has 0 aliphatic heterocycles. The van der Waals surface area contributed by atoms with Crippen molar-refractivity contribution in [3.8, 4) is 0 Å². The third-order valence-electron chi connectivity index (χ3n) is 3.64. The first-order valence-corrected chi connectivity index (χ1v) is 8.01. The summed E-state index contributed by atoms with van der Waals surface area (Å²) in [4.78, 5) is 25.8. The van der Waals surface area contributed by atoms with E-state index < -0.39 is 0 Å². The quantitative estimate of drug-likeness (QED) is 0.792. The van der Waals surface area contributed by atoms with Crippen LogP contribution in [0.25, 0.3) is 0 Å². The minimum Gasteiger partial charge on any atom is -0.352 e. The molecular formula is C19H21FN2O2. The lowest BCUT2D eigenvalue weighted by Gasteiger charge is -2.21. The van der Waals surface area contributed by atoms with Gasteiger partial charge in [-0.05, 0) is 49.7 Å². The minimum absolute atomic E-state index is 0.0435. The molecule has 5 heteroatoms. The van der Waals surface area contributed by atoms with E-state index in [9.17, 15) is 14.0 Å². The number of carbonyl (C=O) groups excluding carboxylic acids is 2. The zero-order valence-corrected chi connectivity index (χ0v) is 13.7. The summed E-state index contributed by atoms with van der Waals surface area (Å²) in [5, 5.41) is 2.80. The van der Waals surface area contributed by atoms with E-state index in [0.717, 1.165) is 0 Å². The molecular weight excluding hydrogens is 307 g/mol. The van der Waals surface area contributed by atoms with Crippen molar-refractivity contribution in [3.63, 3.8) is 0 Å². The molecule has 0 aliphatic rings. The van der Waals surface area contributed by atoms with E-state index in [1.165, 1.54) is 12.1 Å². The molecule has 1 N–H and O–H groups in total. The van der Waals surface area contributed by atoms with E-state index in [-0.39, 0.29) is 17.6 Å². The fraction of sp³-hybridized carbons (Fsp3) is 0.263. The van der Waals surface area contributed by atoms with Crippen LogP contribution in [-0.2, 0) is 4.79 Å². The molecule has 0 spiro atoms. The third-order valence-corrected chi connectivity index (χ3v) is 3.64. The lowest BCUT2D eigenvalue weighted by molar-refractivity contribution is -0.118. The third kappa shape index (κ3) is 4.91. The van der Waals surface area contributed by atoms with Gasteiger partial charge in [-0.1, -0.05) is 18.2 Å². The maximum Gasteiger partial charge on any atom is 0.251 e. The smallest absolute Gasteiger partial charge is 0.251 e. The van der Waals surface area contributed by atoms with E-state index in [4.69, 9.17) is 0 Å². The van der Waals surface area contributed by atoms with Gasteiger partial charge in [0.2, 0.25) is 5.91 Å². The molecule has 24 heavy (non-hydrogen) atoms. The second kappa shape index (κ2) is 8.82. The molecule has 2 aromatic rings. The van der Waals surface area contributed by atoms with E-state index >= 15 is 0 Å². The molecule has 2 rings (SSSR count). The molecule has 2 aromatic carbocycles. The number of benzene rings is 2. The fourth-order valence-electron chi connectivity index (χ4n) is 2.39. The summed E-state index contributed by atoms with van der Waals surface area (Å²) >= 11 is 0. The van der Waals surface area contributed by atoms with E-state index in [0.29, 0.717) is 37.2 Å². The van der Waals surface area contributed by atoms with Gasteiger partial charge in [0, 0.05) is 30.8 Å². The summed E-state index contributed by atoms with van der Waals surface area (Å²) in [5.41, 5.74) is 1.28. The highest BCUT2D eigenvalue weighted by molar-refractivity contribution is 5.94. The number of anilines is 1. The molecule has 0 bridgehead atoms. The molecule has 0 radical (unpaired) electrons. The van der Waals surface area contributed by atoms with Crippen LogP contribution >= 0.6 is 0 Å². The molecule has 0 aromatic heterocycles. The number of nitrogens with one attached hydrogen (secondary N) is 1. The van der Waals surface area contributed by atoms with Gasteiger partial charge in [-0.25, -0.2) is 4.39 Å². The van der Waals surface area contributed by atoms with Crippen LogP contribution in [0.1, 0.15) is 30.1 Å². The van der Waals surface area contributed by atoms with Crippen LogP contribution in [0.3, 0.4) is 0 Å². The molecule has 0 unspecified atom stereocenters. The van der Waals surface area contributed by atoms with Gasteiger partial charge in [0.15, 0.2) is 0 Å². The largest absolute Gasteiger partial charge is 0.352 e. The zero-order valence-electron chi connectivity index (χ0n) is 13.7. The molecule has 4 nitrogen and oxygen atoms in total. The van der Waals surface area contributed by atoms with Crippen molar-refractivity contribution in [2.75, 3.05) is 18.0 Å². The number of hydrogen-bond acceptors (Lipinski definition) is 2. The van der Waals surface area contributed by atoms with Crippen molar-refractivity contribution < 1.29 is 14.0 Å². The maximum atomic E-state index is 13.0. The van der Waals surface area contributed by atoms with Gasteiger partial charge < -0.3 is 10.2 Å². The number of hydrogen-bond donors (Lipinski definition) is 1. The topological polar surface area (TPSA) is 49.4 Å². The van der Waals surface area contributed by atoms with Crippen molar-refractivity contribution in [1.82, 2.24) is 5.32 Å². The van der Waals surface area contributed by atoms with Crippen molar-refractivity contribution in [3.05, 3.63) is 66.0 Å². The van der Waals surface area contributed by atoms with Crippen molar-refractivity contribution in [2.45, 2.75) is 19.8 Å². The van der Waals surface area contributed by atoms with Crippen LogP contribution in [0.4, 0.5) is 10.1 Å². The Kier molecular flexibility index (Phi) is 6.49. The predicted octanol–water partition coefficient (Wildman–Crippen LogP) is 3.39. The number of rotatable bonds is 7. The first-order valence-electron chi connectivity index (χ1n) is 8.01. The SMILES string of the molecule is CCN(C(=O)CCCNC(=O)c1ccccc1)c1ccc(F)cc1. The van der Waals surface area contributed by atoms with Gasteiger partial charge in [0.1, 0.15) is 5.82 Å². The lowest BCUT2D eigenvalue weighted by Crippen LogP contribution is -2.31. The van der Waals surface area contributed by atoms with Crippen molar-refractivity contribution in [2.24, 2.45) is 0 Å². The van der Waals surface area contributed by atoms with Gasteiger partial charge >= 0.3 is 0 Å². The number of halogens is 1. The van der Waals surface area contributed by atoms with Gasteiger partial charge in [0.05, 0.1) is 0 Å². The summed E-state index contributed by atoms with van der Waals surface area (Å²) in [7, 11) is 0. The number of nitrogens with zero attached hydrogens (tertiary/aromatic N) is 1. The van der Waals surface area contributed by atoms with Gasteiger partial charge in [0.25, 0.3) is 5.91 Å². The first-order chi connectivity index (χ1) is 11.6. The molecule has 0 saturated heterocycles. The van der Waals surface area contributed by atoms with E-state index in [2.05, 4.69) is 5.32 Å². The number of amides is 2. The summed E-state index contributed by atoms with van der Waals surface area (Å²) in [5.74, 6) is -0.516. The average molecular weight is 328 g/mol. The van der Waals surface area contributed by atoms with Crippen LogP contribution < -0.4 is 10.2 Å². The Morgan fingerprint density at radius 1 is 1.04 bits per heavy atom. The average Bonchev–Trinajstić information content (AvgIpc) is 2.61. The fourth-order valence-corrected chi connectivity index (χ4v) is 2.39. The molecule has 0 saturated carbocycles. The van der Waals surface area contributed by atoms with Gasteiger partial charge in [-0.2, -0.15) is 0 Å². The Morgan fingerprint density at radius 2 is 1.71 bits per heavy atom. The number of carbonyl (C=O) groups is 2. The zero-order chi connectivity index (χ0) is 17.4. The van der Waals surface area contributed by atoms with E-state index in [1.807, 2.05) is 13.0 Å². The predicted molar refractivity (Wildman–Crippen MR) is 92.4 cm³/mol. The maximum absolute atomic E-state index is 13.0. The molecule has 0 heterocycles. The molecule has 126 valence electrons. The Balaban J connectivity index is 1.79. The Labute approximate surface area is 141 Å². The second-order valence-corrected chi connectivity index (χ2v) is 5.34. The standard InChI is InChI=1S/C19H21FN2O2/c1-2-22(17-12-10-16(20)11-13-17)18(23)9-6-14-21-19(24)15-7-4-3-5-8-15/h3-5,7-8,10-13H,2,6,9,14H2,1H3,(H,21,24). The second-order valence-electron chi connectivity index (χ2n) is 5.34. The van der Waals surface area contributed by atoms with Crippen molar-refractivity contribution >= 4 is 17.5 Å². The molecule has 0 fully saturated rings. The highest BCUT2D eigenvalue weighted by Crippen LogP contribution is 2.16. The van der Waals surface area contributed by atoms with Crippen LogP contribution in [0.5, 0.6) is 0 Å². The summed E-state index contributed by atoms with van der Waals surface area (Å²) in [6.45, 7) is 2.82. The Bertz CT molecular complexity index is 672. The highest BCUT2D eigenvalue weighted by Gasteiger charge is 2.13. The Hall–Kier alpha value is -2.69. The van der Waals surface area contributed by atoms with Crippen molar-refractivity contribution in [1.29, 1.82) is 0 Å². The van der Waals surface area contributed by atoms with Crippen LogP contribution in [0, 0.1) is 5.82 Å². The summed E-state index contributed by atoms with van der Waals surface area (Å²) < 4.78 is 13.0. The first kappa shape index (κ1) is 17.7. The monoisotopic (exact) mass is 328 g/mol. The van der Waals surface area contributed by atoms with E-state index in [1.54, 1.807) is 41.3 Å². The summed E-state index contributed by atoms with van der Waals surface area (Å²) in [6, 6.07) is 14.8. The highest BCUT2D eigenvalue weighted by atomic mass is 19.1. The molecule has 0 atom stereocenters. The van der Waals surface area contributed by atoms with Crippen LogP contribution in [0.2, 0.25) is 0 Å². The van der Waals surface area contributed by atoms with Crippen LogP contribution in [-0.4, -0.2) is 24.9 Å². The molecule has 0 aliphatic carbocycles. The molecule has 2 amide bonds. The van der Waals surface area contributed by atoms with Crippen LogP contribution in [0.15, 0.2) is 54.6 Å². The normalized spacial score (nSPS) is 10.2. The van der Waals surface area contributed by atoms with Gasteiger partial charge in [-0.3, -0.25) is 9.59 Å². The summed E-state index contributed by atoms with van der Waals surface area (Å²) in [6.07, 6.45) is 0.870. The minimum atomic E-state index is -0.328. The van der Waals surface area contributed by atoms with Gasteiger partial charge in [-0.15, -0.1) is 0 Å². The Morgan fingerprint density at radius 3 is 2.33 bits per heavy atom. The lowest BCUT2D eigenvalue weighted by atomic mass is 10.2.